The molecule has 1 fully saturated rings. The highest BCUT2D eigenvalue weighted by Crippen LogP contribution is 2.37. The molecule has 2 aliphatic rings. The lowest BCUT2D eigenvalue weighted by atomic mass is 10.0. The fraction of sp³-hybridized carbons (Fsp3) is 0.300. The van der Waals surface area contributed by atoms with Crippen molar-refractivity contribution in [2.24, 2.45) is 5.92 Å². The Morgan fingerprint density at radius 2 is 1.93 bits per heavy atom. The molecule has 2 aliphatic heterocycles. The number of hydrogen-bond donors (Lipinski definition) is 1. The highest BCUT2D eigenvalue weighted by atomic mass is 35.5. The van der Waals surface area contributed by atoms with E-state index in [4.69, 9.17) is 32.7 Å². The third kappa shape index (κ3) is 3.62. The van der Waals surface area contributed by atoms with E-state index in [1.54, 1.807) is 35.2 Å². The van der Waals surface area contributed by atoms with Crippen LogP contribution in [0.5, 0.6) is 11.5 Å². The van der Waals surface area contributed by atoms with Crippen molar-refractivity contribution >= 4 is 40.7 Å². The SMILES string of the molecule is C[C@@H](NC(=O)[C@H]1CC(=O)N(c2ccc3c(c2)OCO3)C1)c1ccc(Cl)c(Cl)c1. The van der Waals surface area contributed by atoms with Crippen LogP contribution >= 0.6 is 23.2 Å². The van der Waals surface area contributed by atoms with Crippen LogP contribution in [0.3, 0.4) is 0 Å². The monoisotopic (exact) mass is 420 g/mol. The second-order valence-corrected chi connectivity index (χ2v) is 7.66. The number of ether oxygens (including phenoxy) is 2. The normalized spacial score (nSPS) is 19.0. The number of amides is 2. The Bertz CT molecular complexity index is 950. The van der Waals surface area contributed by atoms with Crippen LogP contribution < -0.4 is 19.7 Å². The van der Waals surface area contributed by atoms with Crippen molar-refractivity contribution in [1.82, 2.24) is 5.32 Å². The van der Waals surface area contributed by atoms with Crippen LogP contribution in [-0.2, 0) is 9.59 Å². The van der Waals surface area contributed by atoms with E-state index in [0.717, 1.165) is 5.56 Å². The Balaban J connectivity index is 1.43. The van der Waals surface area contributed by atoms with Crippen LogP contribution in [0, 0.1) is 5.92 Å². The molecule has 6 nitrogen and oxygen atoms in total. The van der Waals surface area contributed by atoms with E-state index < -0.39 is 5.92 Å². The maximum Gasteiger partial charge on any atom is 0.231 e. The first-order valence-electron chi connectivity index (χ1n) is 8.87. The van der Waals surface area contributed by atoms with Gasteiger partial charge in [-0.2, -0.15) is 0 Å². The lowest BCUT2D eigenvalue weighted by Crippen LogP contribution is -2.34. The molecule has 1 N–H and O–H groups in total. The standard InChI is InChI=1S/C20H18Cl2N2O4/c1-11(12-2-4-15(21)16(22)6-12)23-20(26)13-7-19(25)24(9-13)14-3-5-17-18(8-14)28-10-27-17/h2-6,8,11,13H,7,9-10H2,1H3,(H,23,26)/t11-,13+/m1/s1. The smallest absolute Gasteiger partial charge is 0.231 e. The van der Waals surface area contributed by atoms with Crippen molar-refractivity contribution in [3.05, 3.63) is 52.0 Å². The van der Waals surface area contributed by atoms with Gasteiger partial charge in [-0.25, -0.2) is 0 Å². The van der Waals surface area contributed by atoms with Crippen LogP contribution in [0.4, 0.5) is 5.69 Å². The number of halogens is 2. The molecule has 0 spiro atoms. The van der Waals surface area contributed by atoms with E-state index in [1.165, 1.54) is 0 Å². The molecule has 1 saturated heterocycles. The van der Waals surface area contributed by atoms with Gasteiger partial charge in [0, 0.05) is 24.7 Å². The van der Waals surface area contributed by atoms with Crippen molar-refractivity contribution < 1.29 is 19.1 Å². The van der Waals surface area contributed by atoms with Crippen LogP contribution in [0.1, 0.15) is 24.9 Å². The Morgan fingerprint density at radius 1 is 1.14 bits per heavy atom. The predicted octanol–water partition coefficient (Wildman–Crippen LogP) is 3.95. The minimum Gasteiger partial charge on any atom is -0.454 e. The second-order valence-electron chi connectivity index (χ2n) is 6.85. The zero-order valence-electron chi connectivity index (χ0n) is 15.1. The highest BCUT2D eigenvalue weighted by molar-refractivity contribution is 6.42. The molecule has 2 aromatic carbocycles. The average molecular weight is 421 g/mol. The van der Waals surface area contributed by atoms with Gasteiger partial charge < -0.3 is 19.7 Å². The second kappa shape index (κ2) is 7.53. The topological polar surface area (TPSA) is 67.9 Å². The van der Waals surface area contributed by atoms with Gasteiger partial charge in [0.2, 0.25) is 18.6 Å². The van der Waals surface area contributed by atoms with E-state index in [1.807, 2.05) is 13.0 Å². The molecule has 8 heteroatoms. The molecule has 146 valence electrons. The summed E-state index contributed by atoms with van der Waals surface area (Å²) in [6.07, 6.45) is 0.161. The zero-order chi connectivity index (χ0) is 19.8. The van der Waals surface area contributed by atoms with Gasteiger partial charge in [-0.3, -0.25) is 9.59 Å². The molecule has 2 amide bonds. The number of nitrogens with zero attached hydrogens (tertiary/aromatic N) is 1. The van der Waals surface area contributed by atoms with Gasteiger partial charge in [0.05, 0.1) is 22.0 Å². The molecular weight excluding hydrogens is 403 g/mol. The average Bonchev–Trinajstić information content (AvgIpc) is 3.29. The van der Waals surface area contributed by atoms with Gasteiger partial charge in [0.15, 0.2) is 11.5 Å². The summed E-state index contributed by atoms with van der Waals surface area (Å²) in [5.41, 5.74) is 1.54. The molecule has 0 aliphatic carbocycles. The minimum atomic E-state index is -0.428. The molecule has 0 saturated carbocycles. The Hall–Kier alpha value is -2.44. The summed E-state index contributed by atoms with van der Waals surface area (Å²) in [6.45, 7) is 2.35. The minimum absolute atomic E-state index is 0.0961. The lowest BCUT2D eigenvalue weighted by Gasteiger charge is -2.19. The maximum absolute atomic E-state index is 12.7. The van der Waals surface area contributed by atoms with Gasteiger partial charge in [0.1, 0.15) is 0 Å². The molecule has 2 heterocycles. The van der Waals surface area contributed by atoms with Crippen LogP contribution in [0.15, 0.2) is 36.4 Å². The largest absolute Gasteiger partial charge is 0.454 e. The Kier molecular flexibility index (Phi) is 5.08. The van der Waals surface area contributed by atoms with E-state index in [2.05, 4.69) is 5.32 Å². The molecule has 0 bridgehead atoms. The molecular formula is C20H18Cl2N2O4. The summed E-state index contributed by atoms with van der Waals surface area (Å²) in [7, 11) is 0. The van der Waals surface area contributed by atoms with Gasteiger partial charge in [-0.05, 0) is 36.8 Å². The third-order valence-corrected chi connectivity index (χ3v) is 5.71. The van der Waals surface area contributed by atoms with Crippen LogP contribution in [-0.4, -0.2) is 25.2 Å². The van der Waals surface area contributed by atoms with Crippen LogP contribution in [0.2, 0.25) is 10.0 Å². The lowest BCUT2D eigenvalue weighted by molar-refractivity contribution is -0.126. The van der Waals surface area contributed by atoms with Crippen molar-refractivity contribution in [3.8, 4) is 11.5 Å². The zero-order valence-corrected chi connectivity index (χ0v) is 16.6. The molecule has 0 radical (unpaired) electrons. The predicted molar refractivity (Wildman–Crippen MR) is 106 cm³/mol. The van der Waals surface area contributed by atoms with Gasteiger partial charge in [-0.15, -0.1) is 0 Å². The van der Waals surface area contributed by atoms with E-state index in [0.29, 0.717) is 33.8 Å². The summed E-state index contributed by atoms with van der Waals surface area (Å²) >= 11 is 12.0. The molecule has 4 rings (SSSR count). The molecule has 0 unspecified atom stereocenters. The number of hydrogen-bond acceptors (Lipinski definition) is 4. The number of nitrogens with one attached hydrogen (secondary N) is 1. The number of rotatable bonds is 4. The van der Waals surface area contributed by atoms with Gasteiger partial charge in [0.25, 0.3) is 0 Å². The number of carbonyl (C=O) groups excluding carboxylic acids is 2. The number of fused-ring (bicyclic) bond motifs is 1. The number of carbonyl (C=O) groups is 2. The van der Waals surface area contributed by atoms with Crippen LogP contribution in [0.25, 0.3) is 0 Å². The van der Waals surface area contributed by atoms with Crippen molar-refractivity contribution in [2.45, 2.75) is 19.4 Å². The number of benzene rings is 2. The fourth-order valence-corrected chi connectivity index (χ4v) is 3.69. The fourth-order valence-electron chi connectivity index (χ4n) is 3.38. The molecule has 2 atom stereocenters. The van der Waals surface area contributed by atoms with Gasteiger partial charge >= 0.3 is 0 Å². The first-order valence-corrected chi connectivity index (χ1v) is 9.63. The molecule has 0 aromatic heterocycles. The Labute approximate surface area is 172 Å². The molecule has 28 heavy (non-hydrogen) atoms. The summed E-state index contributed by atoms with van der Waals surface area (Å²) in [4.78, 5) is 26.8. The van der Waals surface area contributed by atoms with E-state index in [-0.39, 0.29) is 31.1 Å². The van der Waals surface area contributed by atoms with E-state index in [9.17, 15) is 9.59 Å². The third-order valence-electron chi connectivity index (χ3n) is 4.97. The van der Waals surface area contributed by atoms with Crippen molar-refractivity contribution in [1.29, 1.82) is 0 Å². The van der Waals surface area contributed by atoms with E-state index >= 15 is 0 Å². The first kappa shape index (κ1) is 18.9. The van der Waals surface area contributed by atoms with Crippen molar-refractivity contribution in [2.75, 3.05) is 18.2 Å². The summed E-state index contributed by atoms with van der Waals surface area (Å²) in [5, 5.41) is 3.85. The molecule has 2 aromatic rings. The first-order chi connectivity index (χ1) is 13.4. The summed E-state index contributed by atoms with van der Waals surface area (Å²) < 4.78 is 10.7. The summed E-state index contributed by atoms with van der Waals surface area (Å²) in [6, 6.07) is 10.3. The maximum atomic E-state index is 12.7. The summed E-state index contributed by atoms with van der Waals surface area (Å²) in [5.74, 6) is 0.561. The Morgan fingerprint density at radius 3 is 2.71 bits per heavy atom. The number of anilines is 1. The quantitative estimate of drug-likeness (QED) is 0.812. The van der Waals surface area contributed by atoms with Gasteiger partial charge in [-0.1, -0.05) is 29.3 Å². The van der Waals surface area contributed by atoms with Crippen molar-refractivity contribution in [3.63, 3.8) is 0 Å². The highest BCUT2D eigenvalue weighted by Gasteiger charge is 2.36.